The molecule has 0 spiro atoms. The summed E-state index contributed by atoms with van der Waals surface area (Å²) in [5, 5.41) is 9.14. The summed E-state index contributed by atoms with van der Waals surface area (Å²) in [6, 6.07) is 8.04. The van der Waals surface area contributed by atoms with Gasteiger partial charge in [0.15, 0.2) is 0 Å². The molecule has 15 heavy (non-hydrogen) atoms. The minimum Gasteiger partial charge on any atom is -0.390 e. The number of hydrogen-bond donors (Lipinski definition) is 1. The molecule has 0 saturated heterocycles. The minimum absolute atomic E-state index is 0.0675. The summed E-state index contributed by atoms with van der Waals surface area (Å²) in [5.41, 5.74) is 1.47. The maximum absolute atomic E-state index is 12.9. The van der Waals surface area contributed by atoms with Gasteiger partial charge in [-0.05, 0) is 30.3 Å². The first-order valence-corrected chi connectivity index (χ1v) is 4.82. The number of hydrogen-bond acceptors (Lipinski definition) is 1. The summed E-state index contributed by atoms with van der Waals surface area (Å²) in [4.78, 5) is 0. The van der Waals surface area contributed by atoms with Crippen LogP contribution in [0.5, 0.6) is 0 Å². The van der Waals surface area contributed by atoms with Gasteiger partial charge in [0.25, 0.3) is 0 Å². The Labute approximate surface area is 91.5 Å². The summed E-state index contributed by atoms with van der Waals surface area (Å²) in [6.07, 6.45) is 1.79. The molecule has 2 rings (SSSR count). The van der Waals surface area contributed by atoms with Crippen LogP contribution in [0.1, 0.15) is 5.69 Å². The van der Waals surface area contributed by atoms with Crippen molar-refractivity contribution in [3.05, 3.63) is 53.1 Å². The highest BCUT2D eigenvalue weighted by Gasteiger charge is 2.05. The van der Waals surface area contributed by atoms with E-state index in [1.807, 2.05) is 6.07 Å². The lowest BCUT2D eigenvalue weighted by Gasteiger charge is -2.07. The molecule has 0 atom stereocenters. The van der Waals surface area contributed by atoms with Gasteiger partial charge in [0, 0.05) is 17.6 Å². The monoisotopic (exact) mass is 225 g/mol. The second-order valence-corrected chi connectivity index (χ2v) is 3.53. The van der Waals surface area contributed by atoms with Gasteiger partial charge in [0.1, 0.15) is 5.82 Å². The van der Waals surface area contributed by atoms with E-state index in [1.54, 1.807) is 22.9 Å². The summed E-state index contributed by atoms with van der Waals surface area (Å²) in [6.45, 7) is -0.0675. The molecule has 2 nitrogen and oxygen atoms in total. The number of rotatable bonds is 2. The van der Waals surface area contributed by atoms with Crippen LogP contribution in [0.3, 0.4) is 0 Å². The highest BCUT2D eigenvalue weighted by atomic mass is 35.5. The van der Waals surface area contributed by atoms with Crippen molar-refractivity contribution in [1.29, 1.82) is 0 Å². The van der Waals surface area contributed by atoms with Crippen LogP contribution in [0.15, 0.2) is 36.5 Å². The van der Waals surface area contributed by atoms with Crippen molar-refractivity contribution >= 4 is 11.6 Å². The van der Waals surface area contributed by atoms with Gasteiger partial charge < -0.3 is 9.67 Å². The molecule has 0 saturated carbocycles. The van der Waals surface area contributed by atoms with Crippen LogP contribution in [0.2, 0.25) is 5.02 Å². The predicted octanol–water partition coefficient (Wildman–Crippen LogP) is 2.76. The van der Waals surface area contributed by atoms with E-state index >= 15 is 0 Å². The van der Waals surface area contributed by atoms with E-state index in [-0.39, 0.29) is 11.6 Å². The van der Waals surface area contributed by atoms with Crippen LogP contribution in [0.4, 0.5) is 4.39 Å². The Morgan fingerprint density at radius 3 is 2.80 bits per heavy atom. The molecule has 1 heterocycles. The number of nitrogens with zero attached hydrogens (tertiary/aromatic N) is 1. The predicted molar refractivity (Wildman–Crippen MR) is 56.7 cm³/mol. The van der Waals surface area contributed by atoms with Gasteiger partial charge in [-0.2, -0.15) is 0 Å². The van der Waals surface area contributed by atoms with Crippen molar-refractivity contribution in [2.45, 2.75) is 6.61 Å². The molecular formula is C11H9ClFNO. The molecule has 0 aliphatic heterocycles. The maximum Gasteiger partial charge on any atom is 0.141 e. The first-order chi connectivity index (χ1) is 7.22. The molecule has 1 aromatic heterocycles. The molecule has 78 valence electrons. The molecule has 1 aromatic carbocycles. The lowest BCUT2D eigenvalue weighted by molar-refractivity contribution is 0.274. The lowest BCUT2D eigenvalue weighted by atomic mass is 10.3. The SMILES string of the molecule is OCc1cccn1-c1ccc(F)c(Cl)c1. The van der Waals surface area contributed by atoms with Crippen molar-refractivity contribution in [3.8, 4) is 5.69 Å². The van der Waals surface area contributed by atoms with E-state index in [4.69, 9.17) is 16.7 Å². The van der Waals surface area contributed by atoms with Crippen LogP contribution in [0.25, 0.3) is 5.69 Å². The highest BCUT2D eigenvalue weighted by Crippen LogP contribution is 2.20. The van der Waals surface area contributed by atoms with Crippen LogP contribution in [-0.2, 0) is 6.61 Å². The Morgan fingerprint density at radius 1 is 1.33 bits per heavy atom. The largest absolute Gasteiger partial charge is 0.390 e. The summed E-state index contributed by atoms with van der Waals surface area (Å²) in [7, 11) is 0. The fourth-order valence-electron chi connectivity index (χ4n) is 1.43. The highest BCUT2D eigenvalue weighted by molar-refractivity contribution is 6.30. The van der Waals surface area contributed by atoms with Crippen molar-refractivity contribution in [1.82, 2.24) is 4.57 Å². The number of aliphatic hydroxyl groups is 1. The summed E-state index contributed by atoms with van der Waals surface area (Å²) >= 11 is 5.68. The van der Waals surface area contributed by atoms with Gasteiger partial charge in [-0.25, -0.2) is 4.39 Å². The first-order valence-electron chi connectivity index (χ1n) is 4.45. The third-order valence-corrected chi connectivity index (χ3v) is 2.47. The van der Waals surface area contributed by atoms with E-state index in [1.165, 1.54) is 12.1 Å². The van der Waals surface area contributed by atoms with Crippen molar-refractivity contribution in [2.24, 2.45) is 0 Å². The van der Waals surface area contributed by atoms with Gasteiger partial charge >= 0.3 is 0 Å². The van der Waals surface area contributed by atoms with Crippen LogP contribution < -0.4 is 0 Å². The number of benzene rings is 1. The third kappa shape index (κ3) is 1.89. The molecule has 0 aliphatic carbocycles. The van der Waals surface area contributed by atoms with Crippen molar-refractivity contribution in [2.75, 3.05) is 0 Å². The molecule has 0 radical (unpaired) electrons. The molecule has 0 unspecified atom stereocenters. The fraction of sp³-hybridized carbons (Fsp3) is 0.0909. The normalized spacial score (nSPS) is 10.6. The smallest absolute Gasteiger partial charge is 0.141 e. The number of aromatic nitrogens is 1. The van der Waals surface area contributed by atoms with Gasteiger partial charge in [-0.3, -0.25) is 0 Å². The summed E-state index contributed by atoms with van der Waals surface area (Å²) in [5.74, 6) is -0.446. The zero-order valence-electron chi connectivity index (χ0n) is 7.82. The van der Waals surface area contributed by atoms with E-state index in [0.29, 0.717) is 0 Å². The molecule has 0 fully saturated rings. The van der Waals surface area contributed by atoms with E-state index < -0.39 is 5.82 Å². The Morgan fingerprint density at radius 2 is 2.13 bits per heavy atom. The topological polar surface area (TPSA) is 25.2 Å². The van der Waals surface area contributed by atoms with Crippen LogP contribution >= 0.6 is 11.6 Å². The Balaban J connectivity index is 2.50. The molecule has 4 heteroatoms. The molecular weight excluding hydrogens is 217 g/mol. The molecule has 1 N–H and O–H groups in total. The first kappa shape index (κ1) is 10.2. The second-order valence-electron chi connectivity index (χ2n) is 3.13. The van der Waals surface area contributed by atoms with E-state index in [2.05, 4.69) is 0 Å². The standard InChI is InChI=1S/C11H9ClFNO/c12-10-6-8(3-4-11(10)13)14-5-1-2-9(14)7-15/h1-6,15H,7H2. The molecule has 0 aliphatic rings. The zero-order valence-corrected chi connectivity index (χ0v) is 8.58. The van der Waals surface area contributed by atoms with Gasteiger partial charge in [0.2, 0.25) is 0 Å². The second kappa shape index (κ2) is 4.04. The maximum atomic E-state index is 12.9. The Hall–Kier alpha value is -1.32. The molecule has 0 bridgehead atoms. The van der Waals surface area contributed by atoms with Crippen molar-refractivity contribution < 1.29 is 9.50 Å². The van der Waals surface area contributed by atoms with Gasteiger partial charge in [0.05, 0.1) is 11.6 Å². The Kier molecular flexibility index (Phi) is 2.75. The average Bonchev–Trinajstić information content (AvgIpc) is 2.70. The third-order valence-electron chi connectivity index (χ3n) is 2.18. The number of aliphatic hydroxyl groups excluding tert-OH is 1. The van der Waals surface area contributed by atoms with Crippen molar-refractivity contribution in [3.63, 3.8) is 0 Å². The van der Waals surface area contributed by atoms with Crippen LogP contribution in [0, 0.1) is 5.82 Å². The minimum atomic E-state index is -0.446. The Bertz CT molecular complexity index is 481. The molecule has 0 amide bonds. The molecule has 2 aromatic rings. The van der Waals surface area contributed by atoms with Gasteiger partial charge in [-0.1, -0.05) is 11.6 Å². The summed E-state index contributed by atoms with van der Waals surface area (Å²) < 4.78 is 14.7. The zero-order chi connectivity index (χ0) is 10.8. The lowest BCUT2D eigenvalue weighted by Crippen LogP contribution is -1.98. The van der Waals surface area contributed by atoms with E-state index in [0.717, 1.165) is 11.4 Å². The quantitative estimate of drug-likeness (QED) is 0.836. The van der Waals surface area contributed by atoms with Crippen LogP contribution in [-0.4, -0.2) is 9.67 Å². The van der Waals surface area contributed by atoms with Gasteiger partial charge in [-0.15, -0.1) is 0 Å². The fourth-order valence-corrected chi connectivity index (χ4v) is 1.61. The number of halogens is 2. The average molecular weight is 226 g/mol. The van der Waals surface area contributed by atoms with E-state index in [9.17, 15) is 4.39 Å².